The minimum absolute atomic E-state index is 0.0428. The van der Waals surface area contributed by atoms with E-state index in [0.29, 0.717) is 56.3 Å². The Kier molecular flexibility index (Phi) is 8.50. The van der Waals surface area contributed by atoms with Gasteiger partial charge in [-0.2, -0.15) is 0 Å². The molecule has 4 rings (SSSR count). The number of hydrogen-bond acceptors (Lipinski definition) is 10. The molecule has 12 heteroatoms. The Morgan fingerprint density at radius 1 is 1.29 bits per heavy atom. The largest absolute Gasteiger partial charge is 0.389 e. The van der Waals surface area contributed by atoms with E-state index >= 15 is 0 Å². The third-order valence-electron chi connectivity index (χ3n) is 5.69. The molecule has 1 N–H and O–H groups in total. The summed E-state index contributed by atoms with van der Waals surface area (Å²) in [5.74, 6) is -0.490. The van der Waals surface area contributed by atoms with E-state index in [1.807, 2.05) is 7.05 Å². The van der Waals surface area contributed by atoms with Crippen molar-refractivity contribution in [2.45, 2.75) is 42.1 Å². The lowest BCUT2D eigenvalue weighted by Crippen LogP contribution is -2.25. The zero-order chi connectivity index (χ0) is 24.8. The Morgan fingerprint density at radius 3 is 2.71 bits per heavy atom. The summed E-state index contributed by atoms with van der Waals surface area (Å²) in [7, 11) is 0.324. The maximum Gasteiger partial charge on any atom is 0.280 e. The number of aromatic nitrogens is 1. The van der Waals surface area contributed by atoms with Crippen molar-refractivity contribution in [3.05, 3.63) is 40.9 Å². The van der Waals surface area contributed by atoms with Crippen molar-refractivity contribution >= 4 is 37.9 Å². The summed E-state index contributed by atoms with van der Waals surface area (Å²) in [4.78, 5) is 26.4. The Hall–Kier alpha value is -2.38. The minimum atomic E-state index is -3.32. The Labute approximate surface area is 209 Å². The smallest absolute Gasteiger partial charge is 0.280 e. The van der Waals surface area contributed by atoms with Crippen LogP contribution < -0.4 is 5.32 Å². The molecule has 1 aliphatic carbocycles. The molecular formula is C23H30N4O6S2. The number of anilines is 1. The molecule has 0 radical (unpaired) electrons. The van der Waals surface area contributed by atoms with E-state index in [9.17, 15) is 13.2 Å². The van der Waals surface area contributed by atoms with Gasteiger partial charge in [0.05, 0.1) is 30.0 Å². The first-order valence-electron chi connectivity index (χ1n) is 11.5. The number of nitrogens with one attached hydrogen (secondary N) is 1. The number of carbonyl (C=O) groups excluding carboxylic acids is 1. The van der Waals surface area contributed by atoms with Gasteiger partial charge < -0.3 is 14.3 Å². The lowest BCUT2D eigenvalue weighted by molar-refractivity contribution is -0.110. The number of carbonyl (C=O) groups is 1. The minimum Gasteiger partial charge on any atom is -0.389 e. The molecule has 1 saturated carbocycles. The summed E-state index contributed by atoms with van der Waals surface area (Å²) in [6.45, 7) is 3.08. The highest BCUT2D eigenvalue weighted by Crippen LogP contribution is 2.33. The molecule has 1 amide bonds. The highest BCUT2D eigenvalue weighted by atomic mass is 32.2. The maximum atomic E-state index is 13.2. The number of thiazole rings is 1. The second-order valence-electron chi connectivity index (χ2n) is 8.62. The van der Waals surface area contributed by atoms with Crippen molar-refractivity contribution in [2.75, 3.05) is 45.8 Å². The van der Waals surface area contributed by atoms with Gasteiger partial charge in [-0.1, -0.05) is 17.3 Å². The van der Waals surface area contributed by atoms with E-state index in [2.05, 4.69) is 20.4 Å². The fourth-order valence-corrected chi connectivity index (χ4v) is 6.05. The molecule has 10 nitrogen and oxygen atoms in total. The molecule has 2 aromatic rings. The number of benzene rings is 1. The van der Waals surface area contributed by atoms with Crippen LogP contribution in [0.3, 0.4) is 0 Å². The number of sulfone groups is 1. The molecule has 0 unspecified atom stereocenters. The Balaban J connectivity index is 1.48. The summed E-state index contributed by atoms with van der Waals surface area (Å²) in [6.07, 6.45) is 3.55. The lowest BCUT2D eigenvalue weighted by Gasteiger charge is -2.14. The number of likely N-dealkylation sites (N-methyl/N-ethyl adjacent to an activating group) is 1. The Bertz CT molecular complexity index is 1140. The van der Waals surface area contributed by atoms with E-state index in [1.165, 1.54) is 23.5 Å². The van der Waals surface area contributed by atoms with Crippen molar-refractivity contribution in [2.24, 2.45) is 5.16 Å². The van der Waals surface area contributed by atoms with Crippen molar-refractivity contribution in [3.63, 3.8) is 0 Å². The van der Waals surface area contributed by atoms with Crippen molar-refractivity contribution in [3.8, 4) is 0 Å². The topological polar surface area (TPSA) is 119 Å². The molecule has 1 aliphatic heterocycles. The first-order valence-corrected chi connectivity index (χ1v) is 13.8. The van der Waals surface area contributed by atoms with Gasteiger partial charge in [0, 0.05) is 43.3 Å². The number of rotatable bonds is 12. The summed E-state index contributed by atoms with van der Waals surface area (Å²) in [6, 6.07) is 6.20. The van der Waals surface area contributed by atoms with Gasteiger partial charge in [-0.25, -0.2) is 13.4 Å². The number of methoxy groups -OCH3 is 1. The van der Waals surface area contributed by atoms with Gasteiger partial charge >= 0.3 is 0 Å². The number of ether oxygens (including phenoxy) is 2. The van der Waals surface area contributed by atoms with E-state index in [1.54, 1.807) is 25.4 Å². The number of amides is 1. The van der Waals surface area contributed by atoms with Crippen LogP contribution in [0.1, 0.15) is 29.7 Å². The van der Waals surface area contributed by atoms with Gasteiger partial charge in [0.1, 0.15) is 0 Å². The number of nitrogens with zero attached hydrogens (tertiary/aromatic N) is 3. The van der Waals surface area contributed by atoms with Gasteiger partial charge in [-0.3, -0.25) is 15.0 Å². The second-order valence-corrected chi connectivity index (χ2v) is 12.0. The van der Waals surface area contributed by atoms with Crippen LogP contribution in [0, 0.1) is 0 Å². The van der Waals surface area contributed by atoms with Gasteiger partial charge in [-0.05, 0) is 32.0 Å². The molecule has 190 valence electrons. The first kappa shape index (κ1) is 25.7. The molecule has 1 atom stereocenters. The van der Waals surface area contributed by atoms with Crippen molar-refractivity contribution in [1.82, 2.24) is 9.88 Å². The van der Waals surface area contributed by atoms with E-state index < -0.39 is 15.7 Å². The van der Waals surface area contributed by atoms with Gasteiger partial charge in [0.25, 0.3) is 5.91 Å². The van der Waals surface area contributed by atoms with Crippen LogP contribution in [-0.2, 0) is 35.5 Å². The quantitative estimate of drug-likeness (QED) is 0.333. The Morgan fingerprint density at radius 2 is 2.06 bits per heavy atom. The lowest BCUT2D eigenvalue weighted by atomic mass is 10.1. The average Bonchev–Trinajstić information content (AvgIpc) is 3.43. The van der Waals surface area contributed by atoms with Crippen LogP contribution in [-0.4, -0.2) is 81.8 Å². The maximum absolute atomic E-state index is 13.2. The van der Waals surface area contributed by atoms with E-state index in [0.717, 1.165) is 11.4 Å². The fraction of sp³-hybridized carbons (Fsp3) is 0.522. The van der Waals surface area contributed by atoms with Gasteiger partial charge in [0.2, 0.25) is 0 Å². The number of oxime groups is 1. The molecular weight excluding hydrogens is 492 g/mol. The van der Waals surface area contributed by atoms with Crippen LogP contribution >= 0.6 is 11.3 Å². The van der Waals surface area contributed by atoms with Gasteiger partial charge in [0.15, 0.2) is 26.8 Å². The predicted molar refractivity (Wildman–Crippen MR) is 132 cm³/mol. The van der Waals surface area contributed by atoms with Crippen LogP contribution in [0.2, 0.25) is 0 Å². The van der Waals surface area contributed by atoms with Crippen LogP contribution in [0.5, 0.6) is 0 Å². The fourth-order valence-electron chi connectivity index (χ4n) is 3.51. The third kappa shape index (κ3) is 6.85. The highest BCUT2D eigenvalue weighted by Gasteiger charge is 2.36. The van der Waals surface area contributed by atoms with Crippen LogP contribution in [0.4, 0.5) is 5.13 Å². The first-order chi connectivity index (χ1) is 16.9. The van der Waals surface area contributed by atoms with E-state index in [-0.39, 0.29) is 22.0 Å². The van der Waals surface area contributed by atoms with Crippen LogP contribution in [0.25, 0.3) is 0 Å². The molecule has 1 saturated heterocycles. The molecule has 1 aromatic heterocycles. The van der Waals surface area contributed by atoms with Crippen molar-refractivity contribution < 1.29 is 27.5 Å². The van der Waals surface area contributed by atoms with Gasteiger partial charge in [-0.15, -0.1) is 11.3 Å². The molecule has 0 spiro atoms. The molecule has 0 bridgehead atoms. The molecule has 2 fully saturated rings. The van der Waals surface area contributed by atoms with E-state index in [4.69, 9.17) is 14.3 Å². The molecule has 35 heavy (non-hydrogen) atoms. The zero-order valence-corrected chi connectivity index (χ0v) is 21.4. The second kappa shape index (κ2) is 11.6. The highest BCUT2D eigenvalue weighted by molar-refractivity contribution is 7.92. The molecule has 1 aromatic carbocycles. The SMILES string of the molecule is COCCN(C)Cc1cnc(NC(=O)/C(=N/O[C@@H]2CCOC2)c2ccc(S(=O)(=O)C3CC3)cc2)s1. The molecule has 2 aliphatic rings. The van der Waals surface area contributed by atoms with Crippen LogP contribution in [0.15, 0.2) is 40.5 Å². The average molecular weight is 523 g/mol. The third-order valence-corrected chi connectivity index (χ3v) is 8.87. The summed E-state index contributed by atoms with van der Waals surface area (Å²) in [5, 5.41) is 7.06. The molecule has 2 heterocycles. The normalized spacial score (nSPS) is 18.7. The number of hydrogen-bond donors (Lipinski definition) is 1. The predicted octanol–water partition coefficient (Wildman–Crippen LogP) is 2.31. The zero-order valence-electron chi connectivity index (χ0n) is 19.8. The standard InChI is InChI=1S/C23H30N4O6S2/c1-27(10-12-31-2)14-18-13-24-23(34-18)25-22(28)21(26-33-17-9-11-32-15-17)16-3-5-19(6-4-16)35(29,30)20-7-8-20/h3-6,13,17,20H,7-12,14-15H2,1-2H3,(H,24,25,28)/b26-21+/t17-/m1/s1. The monoisotopic (exact) mass is 522 g/mol. The summed E-state index contributed by atoms with van der Waals surface area (Å²) < 4.78 is 35.5. The summed E-state index contributed by atoms with van der Waals surface area (Å²) >= 11 is 1.37. The van der Waals surface area contributed by atoms with Crippen molar-refractivity contribution in [1.29, 1.82) is 0 Å². The summed E-state index contributed by atoms with van der Waals surface area (Å²) in [5.41, 5.74) is 0.494.